The number of hydrogen-bond acceptors (Lipinski definition) is 3. The van der Waals surface area contributed by atoms with Crippen molar-refractivity contribution in [2.24, 2.45) is 17.8 Å². The maximum Gasteiger partial charge on any atom is 0.334 e. The fourth-order valence-corrected chi connectivity index (χ4v) is 2.50. The number of carbonyl (C=O) groups is 1. The maximum atomic E-state index is 11.4. The molecule has 1 rings (SSSR count). The highest BCUT2D eigenvalue weighted by Gasteiger charge is 2.33. The molecule has 1 aliphatic rings. The molecule has 0 aromatic carbocycles. The van der Waals surface area contributed by atoms with Gasteiger partial charge in [0, 0.05) is 0 Å². The van der Waals surface area contributed by atoms with E-state index in [4.69, 9.17) is 9.84 Å². The molecule has 1 saturated carbocycles. The zero-order valence-corrected chi connectivity index (χ0v) is 10.8. The lowest BCUT2D eigenvalue weighted by molar-refractivity contribution is -0.164. The fourth-order valence-electron chi connectivity index (χ4n) is 2.50. The Hall–Kier alpha value is -0.570. The molecule has 3 nitrogen and oxygen atoms in total. The molecule has 1 aliphatic carbocycles. The molecule has 0 saturated heterocycles. The van der Waals surface area contributed by atoms with Gasteiger partial charge >= 0.3 is 5.97 Å². The zero-order valence-electron chi connectivity index (χ0n) is 10.8. The van der Waals surface area contributed by atoms with Gasteiger partial charge in [0.1, 0.15) is 12.2 Å². The van der Waals surface area contributed by atoms with Gasteiger partial charge in [-0.05, 0) is 37.5 Å². The number of esters is 1. The molecule has 0 spiro atoms. The van der Waals surface area contributed by atoms with Crippen LogP contribution in [-0.2, 0) is 9.53 Å². The minimum atomic E-state index is -1.01. The van der Waals surface area contributed by atoms with E-state index in [1.54, 1.807) is 0 Å². The van der Waals surface area contributed by atoms with Crippen LogP contribution in [0.4, 0.5) is 0 Å². The van der Waals surface area contributed by atoms with Gasteiger partial charge in [-0.3, -0.25) is 0 Å². The van der Waals surface area contributed by atoms with E-state index in [1.807, 2.05) is 0 Å². The quantitative estimate of drug-likeness (QED) is 0.754. The number of rotatable bonds is 3. The van der Waals surface area contributed by atoms with Crippen LogP contribution in [0.1, 0.15) is 47.0 Å². The second-order valence-corrected chi connectivity index (χ2v) is 5.48. The van der Waals surface area contributed by atoms with Gasteiger partial charge in [0.15, 0.2) is 0 Å². The Balaban J connectivity index is 2.61. The largest absolute Gasteiger partial charge is 0.460 e. The van der Waals surface area contributed by atoms with Gasteiger partial charge in [-0.2, -0.15) is 0 Å². The van der Waals surface area contributed by atoms with Crippen LogP contribution in [0.25, 0.3) is 0 Å². The van der Waals surface area contributed by atoms with Crippen molar-refractivity contribution in [1.82, 2.24) is 0 Å². The molecule has 0 aromatic rings. The number of hydrogen-bond donors (Lipinski definition) is 1. The summed E-state index contributed by atoms with van der Waals surface area (Å²) in [6.45, 7) is 7.99. The lowest BCUT2D eigenvalue weighted by Crippen LogP contribution is -2.37. The first-order chi connectivity index (χ1) is 7.41. The predicted octanol–water partition coefficient (Wildman–Crippen LogP) is 2.37. The molecule has 16 heavy (non-hydrogen) atoms. The summed E-state index contributed by atoms with van der Waals surface area (Å²) in [5.41, 5.74) is 0. The van der Waals surface area contributed by atoms with Crippen LogP contribution in [0.2, 0.25) is 0 Å². The summed E-state index contributed by atoms with van der Waals surface area (Å²) in [6.07, 6.45) is 2.25. The highest BCUT2D eigenvalue weighted by molar-refractivity contribution is 5.74. The molecule has 0 aromatic heterocycles. The lowest BCUT2D eigenvalue weighted by Gasteiger charge is -2.36. The van der Waals surface area contributed by atoms with Gasteiger partial charge in [0.2, 0.25) is 0 Å². The summed E-state index contributed by atoms with van der Waals surface area (Å²) in [6, 6.07) is 0. The average molecular weight is 228 g/mol. The van der Waals surface area contributed by atoms with Crippen LogP contribution in [0.15, 0.2) is 0 Å². The molecule has 0 unspecified atom stereocenters. The normalized spacial score (nSPS) is 32.5. The highest BCUT2D eigenvalue weighted by atomic mass is 16.6. The van der Waals surface area contributed by atoms with Crippen molar-refractivity contribution in [1.29, 1.82) is 0 Å². The van der Waals surface area contributed by atoms with E-state index in [1.165, 1.54) is 13.3 Å². The first kappa shape index (κ1) is 13.5. The smallest absolute Gasteiger partial charge is 0.334 e. The van der Waals surface area contributed by atoms with Crippen LogP contribution in [0, 0.1) is 17.8 Å². The van der Waals surface area contributed by atoms with Crippen molar-refractivity contribution in [3.05, 3.63) is 0 Å². The number of ether oxygens (including phenoxy) is 1. The SMILES string of the molecule is CC(C)[C@@H]1CC[C@H](C)C[C@H]1OC(=O)[C@@H](C)O. The Morgan fingerprint density at radius 1 is 1.31 bits per heavy atom. The van der Waals surface area contributed by atoms with Crippen molar-refractivity contribution < 1.29 is 14.6 Å². The molecule has 0 bridgehead atoms. The summed E-state index contributed by atoms with van der Waals surface area (Å²) < 4.78 is 5.41. The van der Waals surface area contributed by atoms with E-state index in [2.05, 4.69) is 20.8 Å². The van der Waals surface area contributed by atoms with Crippen LogP contribution >= 0.6 is 0 Å². The molecule has 3 heteroatoms. The zero-order chi connectivity index (χ0) is 12.3. The molecule has 1 N–H and O–H groups in total. The number of aliphatic hydroxyl groups excluding tert-OH is 1. The Morgan fingerprint density at radius 2 is 1.94 bits per heavy atom. The van der Waals surface area contributed by atoms with E-state index in [9.17, 15) is 4.79 Å². The highest BCUT2D eigenvalue weighted by Crippen LogP contribution is 2.35. The Kier molecular flexibility index (Phi) is 4.78. The summed E-state index contributed by atoms with van der Waals surface area (Å²) in [5.74, 6) is 1.10. The minimum absolute atomic E-state index is 0.00847. The monoisotopic (exact) mass is 228 g/mol. The van der Waals surface area contributed by atoms with Crippen molar-refractivity contribution in [3.8, 4) is 0 Å². The third-order valence-electron chi connectivity index (χ3n) is 3.57. The summed E-state index contributed by atoms with van der Waals surface area (Å²) in [7, 11) is 0. The van der Waals surface area contributed by atoms with Crippen LogP contribution in [-0.4, -0.2) is 23.3 Å². The molecule has 0 heterocycles. The van der Waals surface area contributed by atoms with Gasteiger partial charge in [0.25, 0.3) is 0 Å². The fraction of sp³-hybridized carbons (Fsp3) is 0.923. The molecular weight excluding hydrogens is 204 g/mol. The second-order valence-electron chi connectivity index (χ2n) is 5.48. The minimum Gasteiger partial charge on any atom is -0.460 e. The maximum absolute atomic E-state index is 11.4. The summed E-state index contributed by atoms with van der Waals surface area (Å²) >= 11 is 0. The van der Waals surface area contributed by atoms with Crippen molar-refractivity contribution in [3.63, 3.8) is 0 Å². The van der Waals surface area contributed by atoms with Crippen molar-refractivity contribution >= 4 is 5.97 Å². The first-order valence-corrected chi connectivity index (χ1v) is 6.30. The molecule has 0 amide bonds. The Labute approximate surface area is 98.2 Å². The summed E-state index contributed by atoms with van der Waals surface area (Å²) in [4.78, 5) is 11.4. The van der Waals surface area contributed by atoms with Gasteiger partial charge in [-0.25, -0.2) is 4.79 Å². The van der Waals surface area contributed by atoms with Gasteiger partial charge in [-0.1, -0.05) is 27.2 Å². The molecular formula is C13H24O3. The molecule has 4 atom stereocenters. The van der Waals surface area contributed by atoms with Crippen molar-refractivity contribution in [2.45, 2.75) is 59.2 Å². The summed E-state index contributed by atoms with van der Waals surface area (Å²) in [5, 5.41) is 9.17. The lowest BCUT2D eigenvalue weighted by atomic mass is 9.75. The van der Waals surface area contributed by atoms with Crippen molar-refractivity contribution in [2.75, 3.05) is 0 Å². The van der Waals surface area contributed by atoms with Gasteiger partial charge < -0.3 is 9.84 Å². The van der Waals surface area contributed by atoms with E-state index in [-0.39, 0.29) is 6.10 Å². The topological polar surface area (TPSA) is 46.5 Å². The number of aliphatic hydroxyl groups is 1. The van der Waals surface area contributed by atoms with Crippen LogP contribution < -0.4 is 0 Å². The molecule has 94 valence electrons. The standard InChI is InChI=1S/C13H24O3/c1-8(2)11-6-5-9(3)7-12(11)16-13(15)10(4)14/h8-12,14H,5-7H2,1-4H3/t9-,10+,11-,12+/m0/s1. The van der Waals surface area contributed by atoms with E-state index >= 15 is 0 Å². The average Bonchev–Trinajstić information content (AvgIpc) is 2.16. The second kappa shape index (κ2) is 5.67. The van der Waals surface area contributed by atoms with Gasteiger partial charge in [0.05, 0.1) is 0 Å². The first-order valence-electron chi connectivity index (χ1n) is 6.30. The molecule has 0 radical (unpaired) electrons. The van der Waals surface area contributed by atoms with Crippen LogP contribution in [0.3, 0.4) is 0 Å². The number of carbonyl (C=O) groups excluding carboxylic acids is 1. The molecule has 0 aliphatic heterocycles. The Bertz CT molecular complexity index is 235. The predicted molar refractivity (Wildman–Crippen MR) is 62.9 cm³/mol. The van der Waals surface area contributed by atoms with E-state index < -0.39 is 12.1 Å². The molecule has 1 fully saturated rings. The van der Waals surface area contributed by atoms with E-state index in [0.29, 0.717) is 17.8 Å². The van der Waals surface area contributed by atoms with Gasteiger partial charge in [-0.15, -0.1) is 0 Å². The van der Waals surface area contributed by atoms with E-state index in [0.717, 1.165) is 12.8 Å². The third kappa shape index (κ3) is 3.48. The third-order valence-corrected chi connectivity index (χ3v) is 3.57. The Morgan fingerprint density at radius 3 is 2.44 bits per heavy atom. The van der Waals surface area contributed by atoms with Crippen LogP contribution in [0.5, 0.6) is 0 Å².